The standard InChI is InChI=1S/C10H18O/c1-10(11,9-5-6-9)7-8-3-2-4-8/h8-9,11H,2-7H2,1H3. The molecule has 0 heterocycles. The van der Waals surface area contributed by atoms with Gasteiger partial charge in [0.2, 0.25) is 0 Å². The summed E-state index contributed by atoms with van der Waals surface area (Å²) in [6.07, 6.45) is 7.72. The number of aliphatic hydroxyl groups is 1. The first-order valence-corrected chi connectivity index (χ1v) is 4.91. The Bertz CT molecular complexity index is 143. The van der Waals surface area contributed by atoms with E-state index in [1.807, 2.05) is 6.92 Å². The molecule has 11 heavy (non-hydrogen) atoms. The molecule has 0 aromatic heterocycles. The predicted octanol–water partition coefficient (Wildman–Crippen LogP) is 2.34. The largest absolute Gasteiger partial charge is 0.390 e. The van der Waals surface area contributed by atoms with Crippen LogP contribution in [-0.2, 0) is 0 Å². The molecule has 0 spiro atoms. The third-order valence-electron chi connectivity index (χ3n) is 3.38. The minimum absolute atomic E-state index is 0.314. The SMILES string of the molecule is CC(O)(CC1CCC1)C1CC1. The van der Waals surface area contributed by atoms with E-state index >= 15 is 0 Å². The number of hydrogen-bond donors (Lipinski definition) is 1. The zero-order chi connectivity index (χ0) is 7.90. The van der Waals surface area contributed by atoms with Crippen LogP contribution >= 0.6 is 0 Å². The molecule has 1 unspecified atom stereocenters. The number of rotatable bonds is 3. The Morgan fingerprint density at radius 2 is 1.91 bits per heavy atom. The van der Waals surface area contributed by atoms with Crippen LogP contribution in [0.4, 0.5) is 0 Å². The van der Waals surface area contributed by atoms with E-state index in [2.05, 4.69) is 0 Å². The smallest absolute Gasteiger partial charge is 0.0650 e. The van der Waals surface area contributed by atoms with Gasteiger partial charge in [-0.2, -0.15) is 0 Å². The minimum atomic E-state index is -0.314. The second kappa shape index (κ2) is 2.48. The van der Waals surface area contributed by atoms with Crippen LogP contribution in [0.15, 0.2) is 0 Å². The lowest BCUT2D eigenvalue weighted by Crippen LogP contribution is -2.32. The van der Waals surface area contributed by atoms with E-state index in [-0.39, 0.29) is 5.60 Å². The van der Waals surface area contributed by atoms with E-state index in [0.29, 0.717) is 5.92 Å². The molecule has 2 fully saturated rings. The van der Waals surface area contributed by atoms with Crippen molar-refractivity contribution in [3.05, 3.63) is 0 Å². The lowest BCUT2D eigenvalue weighted by atomic mass is 9.76. The summed E-state index contributed by atoms with van der Waals surface area (Å²) in [4.78, 5) is 0. The van der Waals surface area contributed by atoms with Crippen molar-refractivity contribution in [2.75, 3.05) is 0 Å². The molecule has 0 radical (unpaired) electrons. The maximum absolute atomic E-state index is 9.99. The average molecular weight is 154 g/mol. The summed E-state index contributed by atoms with van der Waals surface area (Å²) in [7, 11) is 0. The van der Waals surface area contributed by atoms with Crippen molar-refractivity contribution in [3.8, 4) is 0 Å². The molecule has 0 aliphatic heterocycles. The molecule has 1 heteroatoms. The Hall–Kier alpha value is -0.0400. The molecule has 0 amide bonds. The van der Waals surface area contributed by atoms with Gasteiger partial charge in [0.15, 0.2) is 0 Å². The fourth-order valence-electron chi connectivity index (χ4n) is 2.15. The first kappa shape index (κ1) is 7.60. The molecule has 2 rings (SSSR count). The highest BCUT2D eigenvalue weighted by molar-refractivity contribution is 4.93. The van der Waals surface area contributed by atoms with E-state index in [1.165, 1.54) is 32.1 Å². The lowest BCUT2D eigenvalue weighted by Gasteiger charge is -2.33. The Morgan fingerprint density at radius 1 is 1.27 bits per heavy atom. The molecule has 0 saturated heterocycles. The fraction of sp³-hybridized carbons (Fsp3) is 1.00. The van der Waals surface area contributed by atoms with Gasteiger partial charge in [-0.25, -0.2) is 0 Å². The Morgan fingerprint density at radius 3 is 2.27 bits per heavy atom. The molecule has 2 aliphatic carbocycles. The Labute approximate surface area is 68.8 Å². The van der Waals surface area contributed by atoms with Crippen LogP contribution in [0.2, 0.25) is 0 Å². The monoisotopic (exact) mass is 154 g/mol. The van der Waals surface area contributed by atoms with Crippen LogP contribution in [0.5, 0.6) is 0 Å². The highest BCUT2D eigenvalue weighted by Crippen LogP contribution is 2.45. The van der Waals surface area contributed by atoms with Gasteiger partial charge in [-0.1, -0.05) is 19.3 Å². The minimum Gasteiger partial charge on any atom is -0.390 e. The molecule has 0 aromatic carbocycles. The van der Waals surface area contributed by atoms with Gasteiger partial charge in [-0.15, -0.1) is 0 Å². The molecule has 2 aliphatic rings. The van der Waals surface area contributed by atoms with Crippen LogP contribution in [0.3, 0.4) is 0 Å². The van der Waals surface area contributed by atoms with Crippen LogP contribution in [0, 0.1) is 11.8 Å². The molecule has 1 nitrogen and oxygen atoms in total. The van der Waals surface area contributed by atoms with E-state index in [9.17, 15) is 5.11 Å². The van der Waals surface area contributed by atoms with Crippen LogP contribution in [0.1, 0.15) is 45.4 Å². The average Bonchev–Trinajstić information content (AvgIpc) is 2.58. The third-order valence-corrected chi connectivity index (χ3v) is 3.38. The highest BCUT2D eigenvalue weighted by Gasteiger charge is 2.41. The van der Waals surface area contributed by atoms with Gasteiger partial charge in [-0.05, 0) is 38.0 Å². The zero-order valence-corrected chi connectivity index (χ0v) is 7.34. The first-order chi connectivity index (χ1) is 5.18. The van der Waals surface area contributed by atoms with E-state index in [0.717, 1.165) is 12.3 Å². The molecule has 0 aromatic rings. The summed E-state index contributed by atoms with van der Waals surface area (Å²) in [5, 5.41) is 9.99. The van der Waals surface area contributed by atoms with Crippen LogP contribution in [0.25, 0.3) is 0 Å². The number of hydrogen-bond acceptors (Lipinski definition) is 1. The summed E-state index contributed by atoms with van der Waals surface area (Å²) in [6.45, 7) is 2.03. The van der Waals surface area contributed by atoms with Crippen LogP contribution in [-0.4, -0.2) is 10.7 Å². The molecular weight excluding hydrogens is 136 g/mol. The summed E-state index contributed by atoms with van der Waals surface area (Å²) in [6, 6.07) is 0. The fourth-order valence-corrected chi connectivity index (χ4v) is 2.15. The van der Waals surface area contributed by atoms with E-state index in [4.69, 9.17) is 0 Å². The van der Waals surface area contributed by atoms with Crippen molar-refractivity contribution in [1.82, 2.24) is 0 Å². The second-order valence-corrected chi connectivity index (χ2v) is 4.63. The van der Waals surface area contributed by atoms with Crippen molar-refractivity contribution >= 4 is 0 Å². The van der Waals surface area contributed by atoms with Gasteiger partial charge >= 0.3 is 0 Å². The van der Waals surface area contributed by atoms with Crippen molar-refractivity contribution in [3.63, 3.8) is 0 Å². The maximum Gasteiger partial charge on any atom is 0.0650 e. The summed E-state index contributed by atoms with van der Waals surface area (Å²) >= 11 is 0. The third kappa shape index (κ3) is 1.58. The van der Waals surface area contributed by atoms with Gasteiger partial charge in [0.1, 0.15) is 0 Å². The molecule has 64 valence electrons. The first-order valence-electron chi connectivity index (χ1n) is 4.91. The highest BCUT2D eigenvalue weighted by atomic mass is 16.3. The quantitative estimate of drug-likeness (QED) is 0.661. The topological polar surface area (TPSA) is 20.2 Å². The van der Waals surface area contributed by atoms with Gasteiger partial charge in [0.25, 0.3) is 0 Å². The molecule has 0 bridgehead atoms. The molecular formula is C10H18O. The van der Waals surface area contributed by atoms with Crippen molar-refractivity contribution in [2.45, 2.75) is 51.0 Å². The van der Waals surface area contributed by atoms with E-state index in [1.54, 1.807) is 0 Å². The Kier molecular flexibility index (Phi) is 1.71. The van der Waals surface area contributed by atoms with E-state index < -0.39 is 0 Å². The van der Waals surface area contributed by atoms with Crippen LogP contribution < -0.4 is 0 Å². The second-order valence-electron chi connectivity index (χ2n) is 4.63. The molecule has 1 atom stereocenters. The lowest BCUT2D eigenvalue weighted by molar-refractivity contribution is 0.0000946. The van der Waals surface area contributed by atoms with Gasteiger partial charge in [0.05, 0.1) is 5.60 Å². The summed E-state index contributed by atoms with van der Waals surface area (Å²) < 4.78 is 0. The van der Waals surface area contributed by atoms with Crippen molar-refractivity contribution in [2.24, 2.45) is 11.8 Å². The van der Waals surface area contributed by atoms with Crippen molar-refractivity contribution in [1.29, 1.82) is 0 Å². The van der Waals surface area contributed by atoms with Crippen molar-refractivity contribution < 1.29 is 5.11 Å². The maximum atomic E-state index is 9.99. The predicted molar refractivity (Wildman–Crippen MR) is 45.3 cm³/mol. The van der Waals surface area contributed by atoms with Gasteiger partial charge in [0, 0.05) is 0 Å². The zero-order valence-electron chi connectivity index (χ0n) is 7.34. The summed E-state index contributed by atoms with van der Waals surface area (Å²) in [5.41, 5.74) is -0.314. The molecule has 2 saturated carbocycles. The normalized spacial score (nSPS) is 31.1. The summed E-state index contributed by atoms with van der Waals surface area (Å²) in [5.74, 6) is 1.49. The molecule has 1 N–H and O–H groups in total. The van der Waals surface area contributed by atoms with Gasteiger partial charge < -0.3 is 5.11 Å². The van der Waals surface area contributed by atoms with Gasteiger partial charge in [-0.3, -0.25) is 0 Å². The Balaban J connectivity index is 1.81.